The second-order valence-corrected chi connectivity index (χ2v) is 3.52. The summed E-state index contributed by atoms with van der Waals surface area (Å²) in [6, 6.07) is 5.32. The zero-order chi connectivity index (χ0) is 13.3. The van der Waals surface area contributed by atoms with Crippen LogP contribution in [0.1, 0.15) is 0 Å². The molecule has 0 aliphatic rings. The van der Waals surface area contributed by atoms with Gasteiger partial charge in [-0.15, -0.1) is 0 Å². The molecule has 1 aromatic carbocycles. The Morgan fingerprint density at radius 1 is 1.17 bits per heavy atom. The molecule has 7 heteroatoms. The highest BCUT2D eigenvalue weighted by Crippen LogP contribution is 2.25. The van der Waals surface area contributed by atoms with E-state index in [1.165, 1.54) is 6.07 Å². The Balaban J connectivity index is 2.56. The lowest BCUT2D eigenvalue weighted by Gasteiger charge is -2.03. The van der Waals surface area contributed by atoms with Crippen molar-refractivity contribution >= 4 is 11.5 Å². The molecule has 0 bridgehead atoms. The molecule has 0 amide bonds. The van der Waals surface area contributed by atoms with E-state index in [1.807, 2.05) is 0 Å². The van der Waals surface area contributed by atoms with Crippen LogP contribution < -0.4 is 5.73 Å². The summed E-state index contributed by atoms with van der Waals surface area (Å²) in [6.45, 7) is 0. The summed E-state index contributed by atoms with van der Waals surface area (Å²) in [5, 5.41) is 10.6. The number of nitrogens with zero attached hydrogens (tertiary/aromatic N) is 2. The van der Waals surface area contributed by atoms with E-state index in [0.717, 1.165) is 24.3 Å². The first-order chi connectivity index (χ1) is 8.47. The molecule has 0 spiro atoms. The number of halogens is 2. The third-order valence-electron chi connectivity index (χ3n) is 2.26. The lowest BCUT2D eigenvalue weighted by Crippen LogP contribution is -1.97. The van der Waals surface area contributed by atoms with Crippen LogP contribution in [-0.4, -0.2) is 9.91 Å². The smallest absolute Gasteiger partial charge is 0.275 e. The Morgan fingerprint density at radius 2 is 1.89 bits per heavy atom. The molecular formula is C11H7F2N3O2. The van der Waals surface area contributed by atoms with Crippen LogP contribution in [0.3, 0.4) is 0 Å². The quantitative estimate of drug-likeness (QED) is 0.656. The average Bonchev–Trinajstić information content (AvgIpc) is 2.31. The second-order valence-electron chi connectivity index (χ2n) is 3.52. The number of anilines is 1. The molecule has 2 aromatic rings. The van der Waals surface area contributed by atoms with Gasteiger partial charge in [0, 0.05) is 11.6 Å². The Morgan fingerprint density at radius 3 is 2.50 bits per heavy atom. The number of nitrogen functional groups attached to an aromatic ring is 1. The fraction of sp³-hybridized carbons (Fsp3) is 0. The van der Waals surface area contributed by atoms with Crippen molar-refractivity contribution in [3.05, 3.63) is 52.1 Å². The van der Waals surface area contributed by atoms with E-state index in [-0.39, 0.29) is 22.8 Å². The van der Waals surface area contributed by atoms with Crippen molar-refractivity contribution in [2.45, 2.75) is 0 Å². The lowest BCUT2D eigenvalue weighted by atomic mass is 10.1. The van der Waals surface area contributed by atoms with Crippen LogP contribution in [0.4, 0.5) is 20.3 Å². The number of hydrogen-bond acceptors (Lipinski definition) is 4. The largest absolute Gasteiger partial charge is 0.383 e. The van der Waals surface area contributed by atoms with Crippen LogP contribution >= 0.6 is 0 Å². The number of hydrogen-bond donors (Lipinski definition) is 1. The van der Waals surface area contributed by atoms with Crippen LogP contribution in [0.5, 0.6) is 0 Å². The fourth-order valence-corrected chi connectivity index (χ4v) is 1.45. The van der Waals surface area contributed by atoms with Gasteiger partial charge in [-0.3, -0.25) is 10.1 Å². The zero-order valence-electron chi connectivity index (χ0n) is 8.93. The van der Waals surface area contributed by atoms with Crippen molar-refractivity contribution < 1.29 is 13.7 Å². The predicted octanol–water partition coefficient (Wildman–Crippen LogP) is 2.52. The first-order valence-corrected chi connectivity index (χ1v) is 4.85. The molecule has 0 unspecified atom stereocenters. The lowest BCUT2D eigenvalue weighted by molar-refractivity contribution is -0.384. The van der Waals surface area contributed by atoms with E-state index >= 15 is 0 Å². The molecule has 1 aromatic heterocycles. The number of nitrogens with two attached hydrogens (primary N) is 1. The highest BCUT2D eigenvalue weighted by molar-refractivity contribution is 5.64. The number of rotatable bonds is 2. The molecule has 18 heavy (non-hydrogen) atoms. The summed E-state index contributed by atoms with van der Waals surface area (Å²) in [6.07, 6.45) is 0. The highest BCUT2D eigenvalue weighted by atomic mass is 19.2. The molecule has 0 aliphatic heterocycles. The van der Waals surface area contributed by atoms with E-state index in [0.29, 0.717) is 0 Å². The Labute approximate surface area is 100 Å². The topological polar surface area (TPSA) is 82.0 Å². The third-order valence-corrected chi connectivity index (χ3v) is 2.26. The maximum atomic E-state index is 13.1. The molecule has 0 saturated heterocycles. The third kappa shape index (κ3) is 2.24. The molecule has 2 rings (SSSR count). The number of nitro groups is 1. The predicted molar refractivity (Wildman–Crippen MR) is 60.7 cm³/mol. The molecule has 0 saturated carbocycles. The molecule has 0 aliphatic carbocycles. The summed E-state index contributed by atoms with van der Waals surface area (Å²) in [5.41, 5.74) is 5.48. The fourth-order valence-electron chi connectivity index (χ4n) is 1.45. The monoisotopic (exact) mass is 251 g/mol. The van der Waals surface area contributed by atoms with E-state index in [4.69, 9.17) is 5.73 Å². The van der Waals surface area contributed by atoms with Crippen molar-refractivity contribution in [3.63, 3.8) is 0 Å². The van der Waals surface area contributed by atoms with Crippen molar-refractivity contribution in [2.24, 2.45) is 0 Å². The molecular weight excluding hydrogens is 244 g/mol. The first-order valence-electron chi connectivity index (χ1n) is 4.85. The minimum absolute atomic E-state index is 0.0658. The van der Waals surface area contributed by atoms with Gasteiger partial charge in [0.1, 0.15) is 5.82 Å². The number of benzene rings is 1. The van der Waals surface area contributed by atoms with Gasteiger partial charge in [-0.05, 0) is 18.2 Å². The molecule has 0 fully saturated rings. The van der Waals surface area contributed by atoms with Gasteiger partial charge in [-0.25, -0.2) is 13.8 Å². The van der Waals surface area contributed by atoms with Gasteiger partial charge < -0.3 is 5.73 Å². The van der Waals surface area contributed by atoms with Gasteiger partial charge in [0.05, 0.1) is 16.7 Å². The normalized spacial score (nSPS) is 10.3. The molecule has 0 radical (unpaired) electrons. The van der Waals surface area contributed by atoms with E-state index in [2.05, 4.69) is 4.98 Å². The van der Waals surface area contributed by atoms with Gasteiger partial charge in [0.15, 0.2) is 11.6 Å². The molecule has 2 N–H and O–H groups in total. The Bertz CT molecular complexity index is 632. The maximum Gasteiger partial charge on any atom is 0.275 e. The molecule has 5 nitrogen and oxygen atoms in total. The Kier molecular flexibility index (Phi) is 2.88. The van der Waals surface area contributed by atoms with Crippen LogP contribution in [0.25, 0.3) is 11.3 Å². The zero-order valence-corrected chi connectivity index (χ0v) is 8.93. The van der Waals surface area contributed by atoms with Gasteiger partial charge in [0.2, 0.25) is 0 Å². The van der Waals surface area contributed by atoms with Gasteiger partial charge in [-0.2, -0.15) is 0 Å². The molecule has 1 heterocycles. The van der Waals surface area contributed by atoms with Crippen molar-refractivity contribution in [3.8, 4) is 11.3 Å². The Hall–Kier alpha value is -2.57. The van der Waals surface area contributed by atoms with Crippen LogP contribution in [0, 0.1) is 21.7 Å². The number of pyridine rings is 1. The van der Waals surface area contributed by atoms with Crippen LogP contribution in [-0.2, 0) is 0 Å². The summed E-state index contributed by atoms with van der Waals surface area (Å²) in [4.78, 5) is 13.8. The van der Waals surface area contributed by atoms with Gasteiger partial charge in [0.25, 0.3) is 5.69 Å². The van der Waals surface area contributed by atoms with Crippen molar-refractivity contribution in [2.75, 3.05) is 5.73 Å². The van der Waals surface area contributed by atoms with E-state index in [1.54, 1.807) is 0 Å². The van der Waals surface area contributed by atoms with Crippen LogP contribution in [0.2, 0.25) is 0 Å². The molecule has 0 atom stereocenters. The van der Waals surface area contributed by atoms with Crippen LogP contribution in [0.15, 0.2) is 30.3 Å². The van der Waals surface area contributed by atoms with E-state index in [9.17, 15) is 18.9 Å². The molecule has 92 valence electrons. The average molecular weight is 251 g/mol. The number of aromatic nitrogens is 1. The van der Waals surface area contributed by atoms with Gasteiger partial charge in [-0.1, -0.05) is 0 Å². The minimum Gasteiger partial charge on any atom is -0.383 e. The SMILES string of the molecule is Nc1cc([N+](=O)[O-])cc(-c2ccc(F)c(F)c2)n1. The standard InChI is InChI=1S/C11H7F2N3O2/c12-8-2-1-6(3-9(8)13)10-4-7(16(17)18)5-11(14)15-10/h1-5H,(H2,14,15). The van der Waals surface area contributed by atoms with Crippen molar-refractivity contribution in [1.29, 1.82) is 0 Å². The van der Waals surface area contributed by atoms with E-state index < -0.39 is 16.6 Å². The summed E-state index contributed by atoms with van der Waals surface area (Å²) in [7, 11) is 0. The first kappa shape index (κ1) is 11.9. The van der Waals surface area contributed by atoms with Gasteiger partial charge >= 0.3 is 0 Å². The second kappa shape index (κ2) is 4.36. The summed E-state index contributed by atoms with van der Waals surface area (Å²) >= 11 is 0. The summed E-state index contributed by atoms with van der Waals surface area (Å²) < 4.78 is 25.8. The minimum atomic E-state index is -1.06. The van der Waals surface area contributed by atoms with Crippen molar-refractivity contribution in [1.82, 2.24) is 4.98 Å². The highest BCUT2D eigenvalue weighted by Gasteiger charge is 2.12. The summed E-state index contributed by atoms with van der Waals surface area (Å²) in [5.74, 6) is -2.12. The maximum absolute atomic E-state index is 13.1.